The maximum absolute atomic E-state index is 5.10. The van der Waals surface area contributed by atoms with Crippen molar-refractivity contribution in [1.29, 1.82) is 0 Å². The molecule has 0 bridgehead atoms. The first-order chi connectivity index (χ1) is 19.0. The molecule has 0 saturated carbocycles. The van der Waals surface area contributed by atoms with E-state index in [4.69, 9.17) is 14.2 Å². The van der Waals surface area contributed by atoms with E-state index in [1.807, 2.05) is 13.8 Å². The average molecular weight is 713 g/mol. The number of halogens is 1. The molecule has 0 radical (unpaired) electrons. The zero-order chi connectivity index (χ0) is 29.8. The Labute approximate surface area is 282 Å². The number of methoxy groups -OCH3 is 2. The van der Waals surface area contributed by atoms with E-state index in [0.717, 1.165) is 15.2 Å². The molecule has 0 rings (SSSR count). The van der Waals surface area contributed by atoms with E-state index in [9.17, 15) is 0 Å². The predicted octanol–water partition coefficient (Wildman–Crippen LogP) is 9.12. The van der Waals surface area contributed by atoms with Crippen LogP contribution in [0.2, 0.25) is 26.4 Å². The molecule has 0 N–H and O–H groups in total. The second-order valence-electron chi connectivity index (χ2n) is 11.4. The van der Waals surface area contributed by atoms with Crippen LogP contribution in [-0.2, 0) is 14.2 Å². The van der Waals surface area contributed by atoms with Crippen molar-refractivity contribution in [2.75, 3.05) is 14.2 Å². The largest absolute Gasteiger partial charge is 1.00 e. The van der Waals surface area contributed by atoms with Gasteiger partial charge in [0.05, 0.1) is 0 Å². The van der Waals surface area contributed by atoms with Crippen molar-refractivity contribution in [1.82, 2.24) is 0 Å². The smallest absolute Gasteiger partial charge is 1.00 e. The van der Waals surface area contributed by atoms with E-state index in [1.54, 1.807) is 49.3 Å². The van der Waals surface area contributed by atoms with Gasteiger partial charge in [-0.15, -0.1) is 0 Å². The van der Waals surface area contributed by atoms with E-state index in [-0.39, 0.29) is 36.6 Å². The Hall–Kier alpha value is 1.67. The standard InChI is InChI=1S/3C8H17.C6H14O3.2C2H5.2Al.HI/c3*1-3-5-7-8-6-4-2;1-5(7-3)9-6(2)8-4;2*1-2;;;/h3*1,3-8H2,2H3;5-6H,1-4H3;2*1H2,2H3;;;1H/q;;;;;;;+1;/p-1. The Kier molecular flexibility index (Phi) is 54.8. The summed E-state index contributed by atoms with van der Waals surface area (Å²) in [6, 6.07) is 0. The fourth-order valence-corrected chi connectivity index (χ4v) is 8.78. The van der Waals surface area contributed by atoms with E-state index in [2.05, 4.69) is 34.6 Å². The fraction of sp³-hybridized carbons (Fsp3) is 1.00. The van der Waals surface area contributed by atoms with Crippen LogP contribution >= 0.6 is 0 Å². The van der Waals surface area contributed by atoms with Crippen LogP contribution in [-0.4, -0.2) is 56.2 Å². The third kappa shape index (κ3) is 46.6. The first-order valence-corrected chi connectivity index (χ1v) is 21.6. The summed E-state index contributed by atoms with van der Waals surface area (Å²) in [4.78, 5) is 0. The van der Waals surface area contributed by atoms with Crippen molar-refractivity contribution in [2.24, 2.45) is 0 Å². The van der Waals surface area contributed by atoms with Crippen LogP contribution in [0.15, 0.2) is 0 Å². The van der Waals surface area contributed by atoms with Crippen molar-refractivity contribution in [3.8, 4) is 0 Å². The molecule has 0 heterocycles. The molecule has 0 amide bonds. The predicted molar refractivity (Wildman–Crippen MR) is 181 cm³/mol. The second kappa shape index (κ2) is 45.1. The molecule has 0 spiro atoms. The van der Waals surface area contributed by atoms with Gasteiger partial charge in [0.2, 0.25) is 0 Å². The molecule has 0 aliphatic heterocycles. The Balaban J connectivity index is -0.000000355. The van der Waals surface area contributed by atoms with Gasteiger partial charge >= 0.3 is 39.6 Å². The molecule has 40 heavy (non-hydrogen) atoms. The third-order valence-corrected chi connectivity index (χ3v) is 12.4. The zero-order valence-electron chi connectivity index (χ0n) is 29.2. The molecular formula is C34H75Al2IO3. The minimum atomic E-state index is -0.410. The molecular weight excluding hydrogens is 637 g/mol. The average Bonchev–Trinajstić information content (AvgIpc) is 2.94. The number of unbranched alkanes of at least 4 members (excludes halogenated alkanes) is 15. The van der Waals surface area contributed by atoms with E-state index in [1.165, 1.54) is 107 Å². The fourth-order valence-electron chi connectivity index (χ4n) is 4.74. The van der Waals surface area contributed by atoms with Crippen molar-refractivity contribution < 1.29 is 38.2 Å². The van der Waals surface area contributed by atoms with Gasteiger partial charge in [0.25, 0.3) is 14.1 Å². The van der Waals surface area contributed by atoms with Gasteiger partial charge in [-0.3, -0.25) is 0 Å². The maximum atomic E-state index is 5.10. The number of rotatable bonds is 27. The van der Waals surface area contributed by atoms with Crippen LogP contribution in [0, 0.1) is 0 Å². The SMILES string of the molecule is CCCCCCC[CH2][Al]([CH2]CCCCCCC)[CH2]CCCCCCC.COC(C)OC(C)OC.C[CH2][Al+][CH2]C.[I-]. The third-order valence-electron chi connectivity index (χ3n) is 7.52. The summed E-state index contributed by atoms with van der Waals surface area (Å²) in [7, 11) is 3.18. The van der Waals surface area contributed by atoms with Gasteiger partial charge in [0.1, 0.15) is 0 Å². The first-order valence-electron chi connectivity index (χ1n) is 17.5. The molecule has 242 valence electrons. The van der Waals surface area contributed by atoms with Gasteiger partial charge < -0.3 is 38.2 Å². The van der Waals surface area contributed by atoms with Crippen molar-refractivity contribution >= 4 is 29.4 Å². The number of hydrogen-bond acceptors (Lipinski definition) is 3. The van der Waals surface area contributed by atoms with E-state index in [0.29, 0.717) is 0 Å². The summed E-state index contributed by atoms with van der Waals surface area (Å²) in [5, 5.41) is 7.84. The van der Waals surface area contributed by atoms with Gasteiger partial charge in [-0.25, -0.2) is 0 Å². The van der Waals surface area contributed by atoms with Gasteiger partial charge in [0.15, 0.2) is 12.6 Å². The van der Waals surface area contributed by atoms with Crippen molar-refractivity contribution in [3.05, 3.63) is 0 Å². The first kappa shape index (κ1) is 48.6. The molecule has 2 unspecified atom stereocenters. The maximum Gasteiger partial charge on any atom is -1.00 e. The van der Waals surface area contributed by atoms with Crippen molar-refractivity contribution in [2.45, 2.75) is 203 Å². The molecule has 6 heteroatoms. The van der Waals surface area contributed by atoms with E-state index >= 15 is 0 Å². The molecule has 0 aliphatic rings. The van der Waals surface area contributed by atoms with Crippen LogP contribution in [0.25, 0.3) is 0 Å². The second-order valence-corrected chi connectivity index (χ2v) is 17.1. The number of ether oxygens (including phenoxy) is 3. The quantitative estimate of drug-likeness (QED) is 0.0368. The van der Waals surface area contributed by atoms with Crippen molar-refractivity contribution in [3.63, 3.8) is 0 Å². The Morgan fingerprint density at radius 1 is 0.475 bits per heavy atom. The zero-order valence-corrected chi connectivity index (χ0v) is 33.6. The van der Waals surface area contributed by atoms with Crippen LogP contribution in [0.1, 0.15) is 164 Å². The van der Waals surface area contributed by atoms with Crippen LogP contribution in [0.3, 0.4) is 0 Å². The Morgan fingerprint density at radius 3 is 0.975 bits per heavy atom. The summed E-state index contributed by atoms with van der Waals surface area (Å²) in [6.45, 7) is 15.1. The Morgan fingerprint density at radius 2 is 0.750 bits per heavy atom. The monoisotopic (exact) mass is 712 g/mol. The Bertz CT molecular complexity index is 357. The molecule has 3 nitrogen and oxygen atoms in total. The van der Waals surface area contributed by atoms with Gasteiger partial charge in [-0.1, -0.05) is 152 Å². The minimum Gasteiger partial charge on any atom is -1.00 e. The summed E-state index contributed by atoms with van der Waals surface area (Å²) < 4.78 is 14.7. The topological polar surface area (TPSA) is 27.7 Å². The normalized spacial score (nSPS) is 11.7. The molecule has 0 saturated heterocycles. The summed E-state index contributed by atoms with van der Waals surface area (Å²) >= 11 is 0.405. The molecule has 2 atom stereocenters. The van der Waals surface area contributed by atoms with Crippen LogP contribution < -0.4 is 24.0 Å². The summed E-state index contributed by atoms with van der Waals surface area (Å²) in [6.07, 6.45) is 26.3. The minimum absolute atomic E-state index is 0. The molecule has 0 aromatic heterocycles. The van der Waals surface area contributed by atoms with Gasteiger partial charge in [-0.05, 0) is 13.8 Å². The molecule has 0 aliphatic carbocycles. The summed E-state index contributed by atoms with van der Waals surface area (Å²) in [5.41, 5.74) is 0. The van der Waals surface area contributed by atoms with Crippen LogP contribution in [0.4, 0.5) is 0 Å². The summed E-state index contributed by atoms with van der Waals surface area (Å²) in [5.74, 6) is 0. The van der Waals surface area contributed by atoms with Gasteiger partial charge in [-0.2, -0.15) is 0 Å². The molecule has 0 fully saturated rings. The van der Waals surface area contributed by atoms with E-state index < -0.39 is 14.1 Å². The molecule has 0 aromatic carbocycles. The molecule has 0 aromatic rings. The van der Waals surface area contributed by atoms with Crippen LogP contribution in [0.5, 0.6) is 0 Å². The number of hydrogen-bond donors (Lipinski definition) is 0. The van der Waals surface area contributed by atoms with Gasteiger partial charge in [0, 0.05) is 14.2 Å².